The van der Waals surface area contributed by atoms with Gasteiger partial charge in [-0.05, 0) is 29.2 Å². The molecule has 1 aliphatic heterocycles. The van der Waals surface area contributed by atoms with Gasteiger partial charge in [-0.25, -0.2) is 4.99 Å². The van der Waals surface area contributed by atoms with Crippen LogP contribution in [0, 0.1) is 5.92 Å². The van der Waals surface area contributed by atoms with Crippen LogP contribution in [0.4, 0.5) is 5.69 Å². The lowest BCUT2D eigenvalue weighted by Crippen LogP contribution is -2.46. The molecule has 1 fully saturated rings. The van der Waals surface area contributed by atoms with Crippen molar-refractivity contribution in [2.45, 2.75) is 26.9 Å². The van der Waals surface area contributed by atoms with E-state index in [1.165, 1.54) is 16.8 Å². The van der Waals surface area contributed by atoms with Crippen molar-refractivity contribution in [2.24, 2.45) is 16.6 Å². The molecule has 0 amide bonds. The molecule has 5 nitrogen and oxygen atoms in total. The summed E-state index contributed by atoms with van der Waals surface area (Å²) in [5.74, 6) is 1.08. The van der Waals surface area contributed by atoms with Crippen molar-refractivity contribution in [3.63, 3.8) is 0 Å². The van der Waals surface area contributed by atoms with Gasteiger partial charge in [0.05, 0.1) is 6.54 Å². The Balaban J connectivity index is 1.55. The van der Waals surface area contributed by atoms with Gasteiger partial charge in [0.15, 0.2) is 5.96 Å². The number of hydrogen-bond acceptors (Lipinski definition) is 3. The molecule has 1 saturated heterocycles. The van der Waals surface area contributed by atoms with Crippen LogP contribution in [-0.2, 0) is 13.1 Å². The van der Waals surface area contributed by atoms with E-state index in [0.717, 1.165) is 39.3 Å². The molecule has 0 saturated carbocycles. The van der Waals surface area contributed by atoms with Crippen LogP contribution < -0.4 is 16.0 Å². The summed E-state index contributed by atoms with van der Waals surface area (Å²) in [7, 11) is 0. The van der Waals surface area contributed by atoms with Crippen LogP contribution in [0.15, 0.2) is 59.6 Å². The zero-order chi connectivity index (χ0) is 19.8. The normalized spacial score (nSPS) is 15.8. The first-order valence-corrected chi connectivity index (χ1v) is 10.2. The van der Waals surface area contributed by atoms with Crippen molar-refractivity contribution in [3.8, 4) is 0 Å². The van der Waals surface area contributed by atoms with Gasteiger partial charge in [0.25, 0.3) is 0 Å². The van der Waals surface area contributed by atoms with E-state index in [-0.39, 0.29) is 0 Å². The van der Waals surface area contributed by atoms with Crippen LogP contribution in [0.5, 0.6) is 0 Å². The number of nitrogens with zero attached hydrogens (tertiary/aromatic N) is 3. The Morgan fingerprint density at radius 3 is 2.29 bits per heavy atom. The highest BCUT2D eigenvalue weighted by atomic mass is 15.3. The average molecular weight is 380 g/mol. The van der Waals surface area contributed by atoms with Gasteiger partial charge in [-0.1, -0.05) is 56.3 Å². The minimum absolute atomic E-state index is 0.528. The van der Waals surface area contributed by atoms with E-state index in [1.54, 1.807) is 0 Å². The third-order valence-electron chi connectivity index (χ3n) is 5.12. The first-order valence-electron chi connectivity index (χ1n) is 10.2. The summed E-state index contributed by atoms with van der Waals surface area (Å²) in [5.41, 5.74) is 9.91. The molecule has 2 aromatic carbocycles. The van der Waals surface area contributed by atoms with Crippen molar-refractivity contribution in [1.29, 1.82) is 0 Å². The molecule has 150 valence electrons. The van der Waals surface area contributed by atoms with Crippen LogP contribution in [-0.4, -0.2) is 43.6 Å². The molecule has 2 aromatic rings. The van der Waals surface area contributed by atoms with Crippen LogP contribution >= 0.6 is 0 Å². The monoisotopic (exact) mass is 379 g/mol. The minimum atomic E-state index is 0.528. The Kier molecular flexibility index (Phi) is 7.31. The van der Waals surface area contributed by atoms with Gasteiger partial charge in [-0.3, -0.25) is 4.90 Å². The number of para-hydroxylation sites is 1. The van der Waals surface area contributed by atoms with Crippen LogP contribution in [0.1, 0.15) is 25.0 Å². The fourth-order valence-corrected chi connectivity index (χ4v) is 3.44. The molecular weight excluding hydrogens is 346 g/mol. The molecule has 0 atom stereocenters. The predicted molar refractivity (Wildman–Crippen MR) is 119 cm³/mol. The van der Waals surface area contributed by atoms with Crippen molar-refractivity contribution >= 4 is 11.6 Å². The number of nitrogens with two attached hydrogens (primary N) is 1. The number of hydrogen-bond donors (Lipinski definition) is 2. The first-order chi connectivity index (χ1) is 13.6. The molecule has 0 spiro atoms. The van der Waals surface area contributed by atoms with E-state index in [4.69, 9.17) is 5.73 Å². The summed E-state index contributed by atoms with van der Waals surface area (Å²) in [6.45, 7) is 11.0. The fraction of sp³-hybridized carbons (Fsp3) is 0.435. The van der Waals surface area contributed by atoms with Crippen LogP contribution in [0.3, 0.4) is 0 Å². The molecular formula is C23H33N5. The zero-order valence-corrected chi connectivity index (χ0v) is 17.1. The molecule has 5 heteroatoms. The Bertz CT molecular complexity index is 749. The second kappa shape index (κ2) is 10.1. The summed E-state index contributed by atoms with van der Waals surface area (Å²) in [6.07, 6.45) is 0. The van der Waals surface area contributed by atoms with E-state index in [2.05, 4.69) is 88.6 Å². The Morgan fingerprint density at radius 1 is 0.964 bits per heavy atom. The number of benzene rings is 2. The van der Waals surface area contributed by atoms with Crippen molar-refractivity contribution in [2.75, 3.05) is 37.6 Å². The SMILES string of the molecule is CC(C)CNC(N)=NCc1ccccc1CN1CCN(c2ccccc2)CC1. The number of nitrogens with one attached hydrogen (secondary N) is 1. The highest BCUT2D eigenvalue weighted by Crippen LogP contribution is 2.18. The third-order valence-corrected chi connectivity index (χ3v) is 5.12. The van der Waals surface area contributed by atoms with Gasteiger partial charge in [-0.15, -0.1) is 0 Å². The van der Waals surface area contributed by atoms with Gasteiger partial charge in [0.1, 0.15) is 0 Å². The predicted octanol–water partition coefficient (Wildman–Crippen LogP) is 3.07. The number of guanidine groups is 1. The summed E-state index contributed by atoms with van der Waals surface area (Å²) < 4.78 is 0. The van der Waals surface area contributed by atoms with Crippen molar-refractivity contribution < 1.29 is 0 Å². The molecule has 0 bridgehead atoms. The number of rotatable bonds is 7. The maximum atomic E-state index is 6.00. The lowest BCUT2D eigenvalue weighted by Gasteiger charge is -2.36. The number of aliphatic imine (C=N–C) groups is 1. The standard InChI is InChI=1S/C23H33N5/c1-19(2)16-25-23(24)26-17-20-8-6-7-9-21(20)18-27-12-14-28(15-13-27)22-10-4-3-5-11-22/h3-11,19H,12-18H2,1-2H3,(H3,24,25,26). The van der Waals surface area contributed by atoms with E-state index in [9.17, 15) is 0 Å². The van der Waals surface area contributed by atoms with Gasteiger partial charge in [0.2, 0.25) is 0 Å². The first kappa shape index (κ1) is 20.2. The summed E-state index contributed by atoms with van der Waals surface area (Å²) >= 11 is 0. The molecule has 0 unspecified atom stereocenters. The van der Waals surface area contributed by atoms with Gasteiger partial charge < -0.3 is 16.0 Å². The second-order valence-electron chi connectivity index (χ2n) is 7.84. The zero-order valence-electron chi connectivity index (χ0n) is 17.1. The van der Waals surface area contributed by atoms with Crippen molar-refractivity contribution in [3.05, 3.63) is 65.7 Å². The van der Waals surface area contributed by atoms with Crippen LogP contribution in [0.25, 0.3) is 0 Å². The molecule has 0 aromatic heterocycles. The fourth-order valence-electron chi connectivity index (χ4n) is 3.44. The van der Waals surface area contributed by atoms with Gasteiger partial charge >= 0.3 is 0 Å². The summed E-state index contributed by atoms with van der Waals surface area (Å²) in [6, 6.07) is 19.3. The molecule has 3 N–H and O–H groups in total. The topological polar surface area (TPSA) is 56.9 Å². The average Bonchev–Trinajstić information content (AvgIpc) is 2.73. The molecule has 28 heavy (non-hydrogen) atoms. The highest BCUT2D eigenvalue weighted by Gasteiger charge is 2.18. The second-order valence-corrected chi connectivity index (χ2v) is 7.84. The lowest BCUT2D eigenvalue weighted by molar-refractivity contribution is 0.249. The summed E-state index contributed by atoms with van der Waals surface area (Å²) in [4.78, 5) is 9.52. The lowest BCUT2D eigenvalue weighted by atomic mass is 10.1. The third kappa shape index (κ3) is 5.99. The number of anilines is 1. The molecule has 0 aliphatic carbocycles. The number of piperazine rings is 1. The van der Waals surface area contributed by atoms with Crippen LogP contribution in [0.2, 0.25) is 0 Å². The smallest absolute Gasteiger partial charge is 0.188 e. The van der Waals surface area contributed by atoms with Crippen molar-refractivity contribution in [1.82, 2.24) is 10.2 Å². The van der Waals surface area contributed by atoms with E-state index in [0.29, 0.717) is 18.4 Å². The molecule has 0 radical (unpaired) electrons. The highest BCUT2D eigenvalue weighted by molar-refractivity contribution is 5.77. The van der Waals surface area contributed by atoms with E-state index >= 15 is 0 Å². The maximum Gasteiger partial charge on any atom is 0.188 e. The molecule has 1 aliphatic rings. The molecule has 1 heterocycles. The van der Waals surface area contributed by atoms with E-state index in [1.807, 2.05) is 0 Å². The van der Waals surface area contributed by atoms with E-state index < -0.39 is 0 Å². The Labute approximate surface area is 169 Å². The Hall–Kier alpha value is -2.53. The largest absolute Gasteiger partial charge is 0.370 e. The van der Waals surface area contributed by atoms with Gasteiger partial charge in [-0.2, -0.15) is 0 Å². The van der Waals surface area contributed by atoms with Gasteiger partial charge in [0, 0.05) is 45.0 Å². The Morgan fingerprint density at radius 2 is 1.61 bits per heavy atom. The quantitative estimate of drug-likeness (QED) is 0.573. The molecule has 3 rings (SSSR count). The maximum absolute atomic E-state index is 6.00. The summed E-state index contributed by atoms with van der Waals surface area (Å²) in [5, 5.41) is 3.19. The minimum Gasteiger partial charge on any atom is -0.370 e.